The predicted octanol–water partition coefficient (Wildman–Crippen LogP) is 2.70. The molecular formula is C12H12FN5S. The fourth-order valence-corrected chi connectivity index (χ4v) is 2.71. The van der Waals surface area contributed by atoms with Gasteiger partial charge in [-0.1, -0.05) is 31.3 Å². The van der Waals surface area contributed by atoms with Crippen LogP contribution in [0.2, 0.25) is 0 Å². The normalized spacial score (nSPS) is 11.6. The molecule has 0 saturated heterocycles. The van der Waals surface area contributed by atoms with Gasteiger partial charge in [-0.3, -0.25) is 0 Å². The van der Waals surface area contributed by atoms with Crippen molar-refractivity contribution < 1.29 is 4.39 Å². The molecule has 0 aliphatic rings. The Balaban J connectivity index is 2.18. The number of para-hydroxylation sites is 1. The Bertz CT molecular complexity index is 746. The fraction of sp³-hybridized carbons (Fsp3) is 0.250. The number of nitrogens with two attached hydrogens (primary N) is 1. The Hall–Kier alpha value is -2.02. The molecule has 7 heteroatoms. The van der Waals surface area contributed by atoms with E-state index in [0.29, 0.717) is 15.5 Å². The lowest BCUT2D eigenvalue weighted by molar-refractivity contribution is 0.633. The quantitative estimate of drug-likeness (QED) is 0.731. The van der Waals surface area contributed by atoms with Gasteiger partial charge in [0.05, 0.1) is 5.69 Å². The molecule has 1 aromatic carbocycles. The summed E-state index contributed by atoms with van der Waals surface area (Å²) in [4.78, 5) is 0.683. The Labute approximate surface area is 112 Å². The second-order valence-corrected chi connectivity index (χ2v) is 5.47. The molecule has 0 amide bonds. The van der Waals surface area contributed by atoms with E-state index in [1.54, 1.807) is 16.6 Å². The zero-order chi connectivity index (χ0) is 13.6. The van der Waals surface area contributed by atoms with Gasteiger partial charge in [-0.25, -0.2) is 4.39 Å². The SMILES string of the molecule is CC(C)c1nnc2sc(-c3cccc(F)c3N)nn12. The number of hydrogen-bond donors (Lipinski definition) is 1. The number of anilines is 1. The van der Waals surface area contributed by atoms with Crippen molar-refractivity contribution in [3.8, 4) is 10.6 Å². The first-order chi connectivity index (χ1) is 9.08. The molecule has 0 spiro atoms. The van der Waals surface area contributed by atoms with Gasteiger partial charge in [-0.05, 0) is 12.1 Å². The van der Waals surface area contributed by atoms with Crippen molar-refractivity contribution in [2.75, 3.05) is 5.73 Å². The van der Waals surface area contributed by atoms with Crippen LogP contribution < -0.4 is 5.73 Å². The van der Waals surface area contributed by atoms with E-state index < -0.39 is 5.82 Å². The molecule has 2 heterocycles. The molecule has 98 valence electrons. The van der Waals surface area contributed by atoms with Gasteiger partial charge in [0.1, 0.15) is 10.8 Å². The largest absolute Gasteiger partial charge is 0.396 e. The van der Waals surface area contributed by atoms with Gasteiger partial charge < -0.3 is 5.73 Å². The minimum absolute atomic E-state index is 0.110. The van der Waals surface area contributed by atoms with Gasteiger partial charge in [0.25, 0.3) is 0 Å². The molecule has 0 atom stereocenters. The van der Waals surface area contributed by atoms with Crippen molar-refractivity contribution in [1.29, 1.82) is 0 Å². The van der Waals surface area contributed by atoms with Crippen LogP contribution in [0.15, 0.2) is 18.2 Å². The summed E-state index contributed by atoms with van der Waals surface area (Å²) >= 11 is 1.34. The number of fused-ring (bicyclic) bond motifs is 1. The maximum absolute atomic E-state index is 13.5. The lowest BCUT2D eigenvalue weighted by Crippen LogP contribution is -1.99. The van der Waals surface area contributed by atoms with E-state index >= 15 is 0 Å². The monoisotopic (exact) mass is 277 g/mol. The average molecular weight is 277 g/mol. The van der Waals surface area contributed by atoms with E-state index in [0.717, 1.165) is 5.82 Å². The third-order valence-corrected chi connectivity index (χ3v) is 3.75. The van der Waals surface area contributed by atoms with Crippen molar-refractivity contribution in [2.45, 2.75) is 19.8 Å². The van der Waals surface area contributed by atoms with Gasteiger partial charge in [-0.15, -0.1) is 10.2 Å². The van der Waals surface area contributed by atoms with E-state index in [2.05, 4.69) is 15.3 Å². The second kappa shape index (κ2) is 4.27. The van der Waals surface area contributed by atoms with E-state index in [-0.39, 0.29) is 11.6 Å². The van der Waals surface area contributed by atoms with Crippen LogP contribution in [-0.4, -0.2) is 19.8 Å². The molecule has 0 fully saturated rings. The lowest BCUT2D eigenvalue weighted by Gasteiger charge is -2.02. The second-order valence-electron chi connectivity index (χ2n) is 4.52. The van der Waals surface area contributed by atoms with Crippen LogP contribution in [0.25, 0.3) is 15.5 Å². The zero-order valence-electron chi connectivity index (χ0n) is 10.5. The molecule has 0 saturated carbocycles. The van der Waals surface area contributed by atoms with Gasteiger partial charge in [-0.2, -0.15) is 9.61 Å². The molecule has 2 aromatic heterocycles. The van der Waals surface area contributed by atoms with E-state index in [4.69, 9.17) is 5.73 Å². The summed E-state index contributed by atoms with van der Waals surface area (Å²) in [6.07, 6.45) is 0. The van der Waals surface area contributed by atoms with Crippen molar-refractivity contribution >= 4 is 22.0 Å². The van der Waals surface area contributed by atoms with Gasteiger partial charge in [0.2, 0.25) is 4.96 Å². The third-order valence-electron chi connectivity index (χ3n) is 2.81. The first-order valence-electron chi connectivity index (χ1n) is 5.84. The maximum atomic E-state index is 13.5. The molecule has 3 rings (SSSR count). The van der Waals surface area contributed by atoms with Crippen LogP contribution in [0.3, 0.4) is 0 Å². The van der Waals surface area contributed by atoms with E-state index in [9.17, 15) is 4.39 Å². The Morgan fingerprint density at radius 3 is 2.84 bits per heavy atom. The standard InChI is InChI=1S/C12H12FN5S/c1-6(2)10-15-16-12-18(10)17-11(19-12)7-4-3-5-8(13)9(7)14/h3-6H,14H2,1-2H3. The molecule has 2 N–H and O–H groups in total. The van der Waals surface area contributed by atoms with Crippen molar-refractivity contribution in [3.63, 3.8) is 0 Å². The van der Waals surface area contributed by atoms with E-state index in [1.807, 2.05) is 13.8 Å². The smallest absolute Gasteiger partial charge is 0.234 e. The minimum atomic E-state index is -0.437. The van der Waals surface area contributed by atoms with Crippen molar-refractivity contribution in [2.24, 2.45) is 0 Å². The molecule has 0 unspecified atom stereocenters. The number of benzene rings is 1. The summed E-state index contributed by atoms with van der Waals surface area (Å²) < 4.78 is 15.2. The summed E-state index contributed by atoms with van der Waals surface area (Å²) in [5.74, 6) is 0.565. The molecule has 0 radical (unpaired) electrons. The summed E-state index contributed by atoms with van der Waals surface area (Å²) in [6.45, 7) is 4.04. The summed E-state index contributed by atoms with van der Waals surface area (Å²) in [5.41, 5.74) is 6.45. The number of hydrogen-bond acceptors (Lipinski definition) is 5. The van der Waals surface area contributed by atoms with Crippen LogP contribution in [0, 0.1) is 5.82 Å². The summed E-state index contributed by atoms with van der Waals surface area (Å²) in [6, 6.07) is 4.70. The first kappa shape index (κ1) is 12.0. The number of halogens is 1. The van der Waals surface area contributed by atoms with Crippen LogP contribution in [-0.2, 0) is 0 Å². The highest BCUT2D eigenvalue weighted by Crippen LogP contribution is 2.31. The summed E-state index contributed by atoms with van der Waals surface area (Å²) in [5, 5.41) is 13.2. The average Bonchev–Trinajstić information content (AvgIpc) is 2.91. The van der Waals surface area contributed by atoms with Crippen LogP contribution in [0.5, 0.6) is 0 Å². The number of nitrogens with zero attached hydrogens (tertiary/aromatic N) is 4. The maximum Gasteiger partial charge on any atom is 0.234 e. The zero-order valence-corrected chi connectivity index (χ0v) is 11.3. The number of nitrogen functional groups attached to an aromatic ring is 1. The molecule has 0 aliphatic carbocycles. The highest BCUT2D eigenvalue weighted by Gasteiger charge is 2.17. The lowest BCUT2D eigenvalue weighted by atomic mass is 10.2. The third kappa shape index (κ3) is 1.86. The summed E-state index contributed by atoms with van der Waals surface area (Å²) in [7, 11) is 0. The Morgan fingerprint density at radius 1 is 1.32 bits per heavy atom. The van der Waals surface area contributed by atoms with Crippen LogP contribution >= 0.6 is 11.3 Å². The number of aromatic nitrogens is 4. The molecule has 0 bridgehead atoms. The Kier molecular flexibility index (Phi) is 2.70. The molecule has 19 heavy (non-hydrogen) atoms. The van der Waals surface area contributed by atoms with Gasteiger partial charge in [0.15, 0.2) is 5.82 Å². The van der Waals surface area contributed by atoms with Gasteiger partial charge >= 0.3 is 0 Å². The fourth-order valence-electron chi connectivity index (χ4n) is 1.82. The molecule has 5 nitrogen and oxygen atoms in total. The predicted molar refractivity (Wildman–Crippen MR) is 72.6 cm³/mol. The molecular weight excluding hydrogens is 265 g/mol. The van der Waals surface area contributed by atoms with E-state index in [1.165, 1.54) is 17.4 Å². The van der Waals surface area contributed by atoms with Crippen molar-refractivity contribution in [3.05, 3.63) is 29.8 Å². The van der Waals surface area contributed by atoms with Crippen LogP contribution in [0.4, 0.5) is 10.1 Å². The highest BCUT2D eigenvalue weighted by atomic mass is 32.1. The molecule has 0 aliphatic heterocycles. The minimum Gasteiger partial charge on any atom is -0.396 e. The van der Waals surface area contributed by atoms with Crippen LogP contribution in [0.1, 0.15) is 25.6 Å². The first-order valence-corrected chi connectivity index (χ1v) is 6.66. The van der Waals surface area contributed by atoms with Crippen molar-refractivity contribution in [1.82, 2.24) is 19.8 Å². The Morgan fingerprint density at radius 2 is 2.11 bits per heavy atom. The van der Waals surface area contributed by atoms with Gasteiger partial charge in [0, 0.05) is 11.5 Å². The highest BCUT2D eigenvalue weighted by molar-refractivity contribution is 7.19. The topological polar surface area (TPSA) is 69.1 Å². The molecule has 3 aromatic rings. The number of rotatable bonds is 2.